The molecular weight excluding hydrogens is 150 g/mol. The molecule has 2 heterocycles. The maximum Gasteiger partial charge on any atom is 0.110 e. The highest BCUT2D eigenvalue weighted by Crippen LogP contribution is 2.10. The Morgan fingerprint density at radius 3 is 3.00 bits per heavy atom. The molecule has 0 saturated carbocycles. The van der Waals surface area contributed by atoms with Gasteiger partial charge >= 0.3 is 0 Å². The van der Waals surface area contributed by atoms with E-state index in [0.717, 1.165) is 31.8 Å². The van der Waals surface area contributed by atoms with E-state index in [4.69, 9.17) is 0 Å². The summed E-state index contributed by atoms with van der Waals surface area (Å²) in [7, 11) is 0. The van der Waals surface area contributed by atoms with E-state index >= 15 is 0 Å². The summed E-state index contributed by atoms with van der Waals surface area (Å²) in [5, 5.41) is 0. The first-order valence-electron chi connectivity index (χ1n) is 4.38. The fourth-order valence-corrected chi connectivity index (χ4v) is 1.57. The van der Waals surface area contributed by atoms with Gasteiger partial charge in [0.15, 0.2) is 0 Å². The van der Waals surface area contributed by atoms with Crippen molar-refractivity contribution in [2.24, 2.45) is 9.98 Å². The number of amidine groups is 2. The van der Waals surface area contributed by atoms with E-state index in [-0.39, 0.29) is 0 Å². The third-order valence-electron chi connectivity index (χ3n) is 2.23. The molecule has 0 fully saturated rings. The first kappa shape index (κ1) is 7.53. The van der Waals surface area contributed by atoms with E-state index in [1.54, 1.807) is 0 Å². The minimum Gasteiger partial charge on any atom is -0.317 e. The summed E-state index contributed by atoms with van der Waals surface area (Å²) < 4.78 is 0. The quantitative estimate of drug-likeness (QED) is 0.531. The Hall–Kier alpha value is -1.12. The molecule has 2 aliphatic rings. The van der Waals surface area contributed by atoms with Crippen molar-refractivity contribution in [3.63, 3.8) is 0 Å². The minimum atomic E-state index is 0.925. The average molecular weight is 163 g/mol. The monoisotopic (exact) mass is 163 g/mol. The Labute approximate surface area is 72.5 Å². The second-order valence-corrected chi connectivity index (χ2v) is 3.05. The first-order valence-corrected chi connectivity index (χ1v) is 4.38. The summed E-state index contributed by atoms with van der Waals surface area (Å²) in [6.45, 7) is 3.99. The molecular formula is C9H13N3. The lowest BCUT2D eigenvalue weighted by Gasteiger charge is -2.20. The van der Waals surface area contributed by atoms with Gasteiger partial charge in [-0.1, -0.05) is 6.08 Å². The molecule has 3 heteroatoms. The molecule has 0 unspecified atom stereocenters. The smallest absolute Gasteiger partial charge is 0.110 e. The second-order valence-electron chi connectivity index (χ2n) is 3.05. The van der Waals surface area contributed by atoms with Crippen molar-refractivity contribution in [2.45, 2.75) is 19.8 Å². The molecule has 0 aromatic rings. The summed E-state index contributed by atoms with van der Waals surface area (Å²) in [6, 6.07) is 0. The summed E-state index contributed by atoms with van der Waals surface area (Å²) in [4.78, 5) is 10.9. The molecule has 12 heavy (non-hydrogen) atoms. The highest BCUT2D eigenvalue weighted by molar-refractivity contribution is 6.01. The zero-order chi connectivity index (χ0) is 8.39. The van der Waals surface area contributed by atoms with Gasteiger partial charge in [-0.3, -0.25) is 4.99 Å². The molecule has 2 rings (SSSR count). The van der Waals surface area contributed by atoms with Crippen molar-refractivity contribution in [1.29, 1.82) is 0 Å². The molecule has 0 radical (unpaired) electrons. The van der Waals surface area contributed by atoms with Crippen molar-refractivity contribution >= 4 is 11.7 Å². The van der Waals surface area contributed by atoms with Crippen LogP contribution >= 0.6 is 0 Å². The number of hydrogen-bond donors (Lipinski definition) is 0. The fraction of sp³-hybridized carbons (Fsp3) is 0.556. The van der Waals surface area contributed by atoms with Crippen molar-refractivity contribution < 1.29 is 0 Å². The normalized spacial score (nSPS) is 22.6. The van der Waals surface area contributed by atoms with Crippen LogP contribution in [0.2, 0.25) is 0 Å². The number of rotatable bonds is 0. The van der Waals surface area contributed by atoms with E-state index in [1.807, 2.05) is 13.1 Å². The van der Waals surface area contributed by atoms with E-state index in [1.165, 1.54) is 5.84 Å². The van der Waals surface area contributed by atoms with Crippen LogP contribution < -0.4 is 0 Å². The van der Waals surface area contributed by atoms with Gasteiger partial charge in [0.25, 0.3) is 0 Å². The lowest BCUT2D eigenvalue weighted by molar-refractivity contribution is 0.639. The summed E-state index contributed by atoms with van der Waals surface area (Å²) in [6.07, 6.45) is 6.17. The van der Waals surface area contributed by atoms with Gasteiger partial charge in [-0.2, -0.15) is 0 Å². The maximum atomic E-state index is 4.34. The van der Waals surface area contributed by atoms with Crippen molar-refractivity contribution in [2.75, 3.05) is 13.1 Å². The molecule has 0 spiro atoms. The Bertz CT molecular complexity index is 263. The summed E-state index contributed by atoms with van der Waals surface area (Å²) in [5.41, 5.74) is 0. The zero-order valence-corrected chi connectivity index (χ0v) is 7.32. The van der Waals surface area contributed by atoms with E-state index < -0.39 is 0 Å². The number of nitrogens with zero attached hydrogens (tertiary/aromatic N) is 3. The van der Waals surface area contributed by atoms with Crippen LogP contribution in [0.15, 0.2) is 22.3 Å². The number of allylic oxidation sites excluding steroid dienone is 1. The lowest BCUT2D eigenvalue weighted by Crippen LogP contribution is -2.33. The largest absolute Gasteiger partial charge is 0.317 e. The Kier molecular flexibility index (Phi) is 1.94. The van der Waals surface area contributed by atoms with Gasteiger partial charge in [0.1, 0.15) is 11.7 Å². The maximum absolute atomic E-state index is 4.34. The van der Waals surface area contributed by atoms with Crippen LogP contribution in [0.25, 0.3) is 0 Å². The van der Waals surface area contributed by atoms with Gasteiger partial charge in [-0.15, -0.1) is 0 Å². The molecule has 0 atom stereocenters. The third kappa shape index (κ3) is 1.26. The standard InChI is InChI=1S/C9H13N3/c1-8-10-6-7-12(8)9-4-2-3-5-11-9/h3,5H,2,4,6-7H2,1H3. The van der Waals surface area contributed by atoms with Gasteiger partial charge in [0.2, 0.25) is 0 Å². The van der Waals surface area contributed by atoms with Crippen LogP contribution in [-0.4, -0.2) is 29.7 Å². The Balaban J connectivity index is 2.13. The summed E-state index contributed by atoms with van der Waals surface area (Å²) in [5.74, 6) is 2.29. The molecule has 64 valence electrons. The average Bonchev–Trinajstić information content (AvgIpc) is 2.53. The first-order chi connectivity index (χ1) is 5.88. The molecule has 0 amide bonds. The summed E-state index contributed by atoms with van der Waals surface area (Å²) >= 11 is 0. The van der Waals surface area contributed by atoms with Crippen LogP contribution in [0.3, 0.4) is 0 Å². The van der Waals surface area contributed by atoms with Gasteiger partial charge in [0, 0.05) is 19.2 Å². The molecule has 0 saturated heterocycles. The van der Waals surface area contributed by atoms with Gasteiger partial charge < -0.3 is 4.90 Å². The fourth-order valence-electron chi connectivity index (χ4n) is 1.57. The number of aliphatic imine (C=N–C) groups is 2. The molecule has 2 aliphatic heterocycles. The Morgan fingerprint density at radius 2 is 2.42 bits per heavy atom. The van der Waals surface area contributed by atoms with Crippen molar-refractivity contribution in [1.82, 2.24) is 4.90 Å². The molecule has 3 nitrogen and oxygen atoms in total. The third-order valence-corrected chi connectivity index (χ3v) is 2.23. The number of hydrogen-bond acceptors (Lipinski definition) is 3. The van der Waals surface area contributed by atoms with E-state index in [2.05, 4.69) is 21.0 Å². The van der Waals surface area contributed by atoms with Crippen LogP contribution in [0.5, 0.6) is 0 Å². The van der Waals surface area contributed by atoms with Crippen LogP contribution in [0, 0.1) is 0 Å². The van der Waals surface area contributed by atoms with Crippen LogP contribution in [-0.2, 0) is 0 Å². The van der Waals surface area contributed by atoms with E-state index in [0.29, 0.717) is 0 Å². The SMILES string of the molecule is CC1=NCCN1C1=NC=CCC1. The molecule has 0 aromatic heterocycles. The predicted molar refractivity (Wildman–Crippen MR) is 50.5 cm³/mol. The Morgan fingerprint density at radius 1 is 1.50 bits per heavy atom. The molecule has 0 aromatic carbocycles. The zero-order valence-electron chi connectivity index (χ0n) is 7.32. The molecule has 0 N–H and O–H groups in total. The predicted octanol–water partition coefficient (Wildman–Crippen LogP) is 1.43. The van der Waals surface area contributed by atoms with Crippen LogP contribution in [0.1, 0.15) is 19.8 Å². The highest BCUT2D eigenvalue weighted by atomic mass is 15.3. The second kappa shape index (κ2) is 3.09. The molecule has 0 aliphatic carbocycles. The van der Waals surface area contributed by atoms with E-state index in [9.17, 15) is 0 Å². The van der Waals surface area contributed by atoms with Gasteiger partial charge in [0.05, 0.1) is 6.54 Å². The lowest BCUT2D eigenvalue weighted by atomic mass is 10.2. The topological polar surface area (TPSA) is 28.0 Å². The van der Waals surface area contributed by atoms with Crippen LogP contribution in [0.4, 0.5) is 0 Å². The highest BCUT2D eigenvalue weighted by Gasteiger charge is 2.17. The van der Waals surface area contributed by atoms with Gasteiger partial charge in [-0.25, -0.2) is 4.99 Å². The molecule has 0 bridgehead atoms. The van der Waals surface area contributed by atoms with Gasteiger partial charge in [-0.05, 0) is 13.3 Å². The van der Waals surface area contributed by atoms with Crippen molar-refractivity contribution in [3.05, 3.63) is 12.3 Å². The minimum absolute atomic E-state index is 0.925. The van der Waals surface area contributed by atoms with Crippen molar-refractivity contribution in [3.8, 4) is 0 Å².